The molecule has 5 heteroatoms. The molecule has 0 fully saturated rings. The zero-order valence-corrected chi connectivity index (χ0v) is 11.6. The fourth-order valence-electron chi connectivity index (χ4n) is 1.14. The van der Waals surface area contributed by atoms with Crippen molar-refractivity contribution in [2.24, 2.45) is 5.73 Å². The van der Waals surface area contributed by atoms with Crippen molar-refractivity contribution in [3.63, 3.8) is 0 Å². The first-order valence-electron chi connectivity index (χ1n) is 3.99. The summed E-state index contributed by atoms with van der Waals surface area (Å²) in [5.74, 6) is 0.232. The molecule has 0 heterocycles. The van der Waals surface area contributed by atoms with E-state index in [0.717, 1.165) is 20.9 Å². The average molecular weight is 345 g/mol. The van der Waals surface area contributed by atoms with Gasteiger partial charge in [0, 0.05) is 20.6 Å². The third-order valence-electron chi connectivity index (χ3n) is 1.88. The van der Waals surface area contributed by atoms with Crippen LogP contribution in [0.3, 0.4) is 0 Å². The molecule has 1 atom stereocenters. The molecule has 0 amide bonds. The van der Waals surface area contributed by atoms with E-state index in [1.807, 2.05) is 13.0 Å². The number of hydrogen-bond donors (Lipinski definition) is 2. The van der Waals surface area contributed by atoms with Gasteiger partial charge in [-0.3, -0.25) is 0 Å². The minimum Gasteiger partial charge on any atom is -0.508 e. The molecule has 0 radical (unpaired) electrons. The molecule has 0 saturated carbocycles. The van der Waals surface area contributed by atoms with Crippen molar-refractivity contribution in [1.29, 1.82) is 0 Å². The molecule has 0 aromatic heterocycles. The summed E-state index contributed by atoms with van der Waals surface area (Å²) in [5.41, 5.74) is 6.61. The molecule has 0 unspecified atom stereocenters. The Hall–Kier alpha value is 0.230. The maximum atomic E-state index is 9.63. The van der Waals surface area contributed by atoms with Gasteiger partial charge >= 0.3 is 0 Å². The zero-order valence-electron chi connectivity index (χ0n) is 7.63. The Morgan fingerprint density at radius 1 is 1.43 bits per heavy atom. The van der Waals surface area contributed by atoms with Gasteiger partial charge in [0.1, 0.15) is 5.75 Å². The largest absolute Gasteiger partial charge is 0.508 e. The number of halogens is 3. The van der Waals surface area contributed by atoms with Crippen molar-refractivity contribution >= 4 is 44.3 Å². The van der Waals surface area contributed by atoms with Crippen molar-refractivity contribution in [1.82, 2.24) is 0 Å². The Morgan fingerprint density at radius 2 is 2.00 bits per heavy atom. The molecule has 1 aromatic rings. The Bertz CT molecular complexity index is 297. The fourth-order valence-corrected chi connectivity index (χ4v) is 2.64. The molecule has 0 aliphatic heterocycles. The second kappa shape index (κ2) is 5.95. The van der Waals surface area contributed by atoms with E-state index in [1.54, 1.807) is 6.07 Å². The lowest BCUT2D eigenvalue weighted by Crippen LogP contribution is -2.09. The Kier molecular flexibility index (Phi) is 6.05. The molecular weight excluding hydrogens is 333 g/mol. The Balaban J connectivity index is 0.00000169. The quantitative estimate of drug-likeness (QED) is 0.857. The van der Waals surface area contributed by atoms with Crippen LogP contribution in [0.1, 0.15) is 24.9 Å². The van der Waals surface area contributed by atoms with E-state index in [0.29, 0.717) is 0 Å². The predicted molar refractivity (Wildman–Crippen MR) is 68.0 cm³/mol. The number of aromatic hydroxyl groups is 1. The number of benzene rings is 1. The Labute approximate surface area is 107 Å². The van der Waals surface area contributed by atoms with Gasteiger partial charge in [-0.15, -0.1) is 12.4 Å². The minimum absolute atomic E-state index is 0. The second-order valence-electron chi connectivity index (χ2n) is 2.84. The molecule has 14 heavy (non-hydrogen) atoms. The standard InChI is InChI=1S/C9H11Br2NO.ClH/c1-2-7(12)9-6(11)3-5(10)4-8(9)13;/h3-4,7,13H,2,12H2,1H3;1H/t7-;/m1./s1. The van der Waals surface area contributed by atoms with Crippen LogP contribution >= 0.6 is 44.3 Å². The van der Waals surface area contributed by atoms with Crippen LogP contribution in [0, 0.1) is 0 Å². The summed E-state index contributed by atoms with van der Waals surface area (Å²) < 4.78 is 1.68. The van der Waals surface area contributed by atoms with Crippen molar-refractivity contribution in [2.75, 3.05) is 0 Å². The molecule has 0 saturated heterocycles. The van der Waals surface area contributed by atoms with Crippen LogP contribution in [0.4, 0.5) is 0 Å². The summed E-state index contributed by atoms with van der Waals surface area (Å²) in [6.07, 6.45) is 0.799. The van der Waals surface area contributed by atoms with Gasteiger partial charge < -0.3 is 10.8 Å². The van der Waals surface area contributed by atoms with Crippen LogP contribution in [-0.2, 0) is 0 Å². The lowest BCUT2D eigenvalue weighted by molar-refractivity contribution is 0.459. The SMILES string of the molecule is CC[C@@H](N)c1c(O)cc(Br)cc1Br.Cl. The van der Waals surface area contributed by atoms with Gasteiger partial charge in [-0.2, -0.15) is 0 Å². The highest BCUT2D eigenvalue weighted by Crippen LogP contribution is 2.34. The third kappa shape index (κ3) is 3.12. The maximum absolute atomic E-state index is 9.63. The van der Waals surface area contributed by atoms with Crippen LogP contribution in [0.25, 0.3) is 0 Å². The van der Waals surface area contributed by atoms with E-state index in [9.17, 15) is 5.11 Å². The highest BCUT2D eigenvalue weighted by atomic mass is 79.9. The molecule has 0 spiro atoms. The minimum atomic E-state index is -0.123. The summed E-state index contributed by atoms with van der Waals surface area (Å²) in [7, 11) is 0. The summed E-state index contributed by atoms with van der Waals surface area (Å²) in [6, 6.07) is 3.41. The second-order valence-corrected chi connectivity index (χ2v) is 4.61. The molecule has 2 nitrogen and oxygen atoms in total. The molecule has 3 N–H and O–H groups in total. The van der Waals surface area contributed by atoms with Crippen LogP contribution in [0.15, 0.2) is 21.1 Å². The van der Waals surface area contributed by atoms with Crippen molar-refractivity contribution in [3.8, 4) is 5.75 Å². The monoisotopic (exact) mass is 343 g/mol. The first-order chi connectivity index (χ1) is 6.06. The summed E-state index contributed by atoms with van der Waals surface area (Å²) in [4.78, 5) is 0. The highest BCUT2D eigenvalue weighted by molar-refractivity contribution is 9.11. The van der Waals surface area contributed by atoms with Gasteiger partial charge in [0.2, 0.25) is 0 Å². The molecule has 0 aliphatic rings. The van der Waals surface area contributed by atoms with E-state index >= 15 is 0 Å². The van der Waals surface area contributed by atoms with Crippen molar-refractivity contribution < 1.29 is 5.11 Å². The van der Waals surface area contributed by atoms with Crippen molar-refractivity contribution in [3.05, 3.63) is 26.6 Å². The number of rotatable bonds is 2. The van der Waals surface area contributed by atoms with E-state index in [2.05, 4.69) is 31.9 Å². The van der Waals surface area contributed by atoms with Crippen LogP contribution in [0.2, 0.25) is 0 Å². The van der Waals surface area contributed by atoms with Gasteiger partial charge in [0.05, 0.1) is 0 Å². The third-order valence-corrected chi connectivity index (χ3v) is 3.00. The van der Waals surface area contributed by atoms with Gasteiger partial charge in [-0.25, -0.2) is 0 Å². The first-order valence-corrected chi connectivity index (χ1v) is 5.58. The predicted octanol–water partition coefficient (Wildman–Crippen LogP) is 3.75. The first kappa shape index (κ1) is 14.2. The smallest absolute Gasteiger partial charge is 0.122 e. The molecule has 80 valence electrons. The average Bonchev–Trinajstić information content (AvgIpc) is 2.02. The molecular formula is C9H12Br2ClNO. The fraction of sp³-hybridized carbons (Fsp3) is 0.333. The van der Waals surface area contributed by atoms with Gasteiger partial charge in [-0.05, 0) is 18.6 Å². The lowest BCUT2D eigenvalue weighted by Gasteiger charge is -2.13. The topological polar surface area (TPSA) is 46.2 Å². The van der Waals surface area contributed by atoms with E-state index in [4.69, 9.17) is 5.73 Å². The van der Waals surface area contributed by atoms with Crippen LogP contribution in [0.5, 0.6) is 5.75 Å². The maximum Gasteiger partial charge on any atom is 0.122 e. The number of phenolic OH excluding ortho intramolecular Hbond substituents is 1. The van der Waals surface area contributed by atoms with E-state index in [1.165, 1.54) is 0 Å². The highest BCUT2D eigenvalue weighted by Gasteiger charge is 2.13. The Morgan fingerprint density at radius 3 is 2.43 bits per heavy atom. The zero-order chi connectivity index (χ0) is 10.0. The number of hydrogen-bond acceptors (Lipinski definition) is 2. The number of nitrogens with two attached hydrogens (primary N) is 1. The van der Waals surface area contributed by atoms with Crippen molar-refractivity contribution in [2.45, 2.75) is 19.4 Å². The van der Waals surface area contributed by atoms with E-state index in [-0.39, 0.29) is 24.2 Å². The summed E-state index contributed by atoms with van der Waals surface area (Å²) in [5, 5.41) is 9.63. The van der Waals surface area contributed by atoms with E-state index < -0.39 is 0 Å². The van der Waals surface area contributed by atoms with Gasteiger partial charge in [-0.1, -0.05) is 38.8 Å². The molecule has 0 aliphatic carbocycles. The molecule has 0 bridgehead atoms. The molecule has 1 rings (SSSR count). The number of phenols is 1. The van der Waals surface area contributed by atoms with Gasteiger partial charge in [0.15, 0.2) is 0 Å². The van der Waals surface area contributed by atoms with Crippen LogP contribution in [-0.4, -0.2) is 5.11 Å². The van der Waals surface area contributed by atoms with Gasteiger partial charge in [0.25, 0.3) is 0 Å². The summed E-state index contributed by atoms with van der Waals surface area (Å²) in [6.45, 7) is 1.98. The summed E-state index contributed by atoms with van der Waals surface area (Å²) >= 11 is 6.66. The lowest BCUT2D eigenvalue weighted by atomic mass is 10.0. The van der Waals surface area contributed by atoms with Crippen LogP contribution < -0.4 is 5.73 Å². The normalized spacial score (nSPS) is 12.0. The molecule has 1 aromatic carbocycles.